The zero-order valence-electron chi connectivity index (χ0n) is 14.7. The molecule has 0 atom stereocenters. The van der Waals surface area contributed by atoms with Crippen LogP contribution in [0, 0.1) is 5.92 Å². The van der Waals surface area contributed by atoms with Gasteiger partial charge in [-0.1, -0.05) is 56.0 Å². The quantitative estimate of drug-likeness (QED) is 0.848. The molecule has 1 amide bonds. The molecule has 25 heavy (non-hydrogen) atoms. The first kappa shape index (κ1) is 16.2. The van der Waals surface area contributed by atoms with Gasteiger partial charge in [-0.3, -0.25) is 4.79 Å². The van der Waals surface area contributed by atoms with Crippen LogP contribution in [0.1, 0.15) is 49.8 Å². The zero-order chi connectivity index (χ0) is 17.1. The number of hydrogen-bond donors (Lipinski definition) is 0. The number of aromatic nitrogens is 2. The molecule has 2 heterocycles. The second-order valence-corrected chi connectivity index (χ2v) is 7.29. The van der Waals surface area contributed by atoms with Gasteiger partial charge in [-0.15, -0.1) is 0 Å². The van der Waals surface area contributed by atoms with Crippen LogP contribution in [0.15, 0.2) is 36.5 Å². The summed E-state index contributed by atoms with van der Waals surface area (Å²) in [6.45, 7) is 1.44. The second-order valence-electron chi connectivity index (χ2n) is 7.29. The van der Waals surface area contributed by atoms with Gasteiger partial charge in [-0.2, -0.15) is 0 Å². The molecule has 0 saturated heterocycles. The topological polar surface area (TPSA) is 46.1 Å². The van der Waals surface area contributed by atoms with Crippen molar-refractivity contribution in [3.8, 4) is 11.4 Å². The van der Waals surface area contributed by atoms with Gasteiger partial charge in [-0.05, 0) is 12.3 Å². The Labute approximate surface area is 149 Å². The summed E-state index contributed by atoms with van der Waals surface area (Å²) in [5.41, 5.74) is 3.23. The smallest absolute Gasteiger partial charge is 0.222 e. The lowest BCUT2D eigenvalue weighted by molar-refractivity contribution is -0.132. The molecule has 1 aromatic heterocycles. The lowest BCUT2D eigenvalue weighted by atomic mass is 10.0. The second kappa shape index (κ2) is 7.34. The fourth-order valence-corrected chi connectivity index (χ4v) is 4.04. The Morgan fingerprint density at radius 2 is 1.96 bits per heavy atom. The van der Waals surface area contributed by atoms with Crippen molar-refractivity contribution >= 4 is 5.91 Å². The molecule has 0 spiro atoms. The zero-order valence-corrected chi connectivity index (χ0v) is 14.7. The Balaban J connectivity index is 1.40. The van der Waals surface area contributed by atoms with Crippen LogP contribution in [0.25, 0.3) is 11.4 Å². The van der Waals surface area contributed by atoms with Crippen molar-refractivity contribution in [2.45, 2.75) is 51.5 Å². The molecule has 0 unspecified atom stereocenters. The average molecular weight is 335 g/mol. The number of amides is 1. The highest BCUT2D eigenvalue weighted by Crippen LogP contribution is 2.29. The maximum absolute atomic E-state index is 12.5. The molecule has 2 aliphatic rings. The van der Waals surface area contributed by atoms with E-state index in [-0.39, 0.29) is 0 Å². The predicted octanol–water partition coefficient (Wildman–Crippen LogP) is 4.00. The summed E-state index contributed by atoms with van der Waals surface area (Å²) in [7, 11) is 0. The molecule has 4 nitrogen and oxygen atoms in total. The summed E-state index contributed by atoms with van der Waals surface area (Å²) >= 11 is 0. The summed E-state index contributed by atoms with van der Waals surface area (Å²) in [5.74, 6) is 1.85. The number of carbonyl (C=O) groups is 1. The maximum Gasteiger partial charge on any atom is 0.222 e. The first-order chi connectivity index (χ1) is 12.3. The summed E-state index contributed by atoms with van der Waals surface area (Å²) in [6, 6.07) is 10.1. The number of fused-ring (bicyclic) bond motifs is 1. The minimum atomic E-state index is 0.296. The van der Waals surface area contributed by atoms with Crippen molar-refractivity contribution in [3.05, 3.63) is 47.8 Å². The van der Waals surface area contributed by atoms with Crippen LogP contribution in [0.5, 0.6) is 0 Å². The van der Waals surface area contributed by atoms with Crippen LogP contribution in [-0.4, -0.2) is 27.3 Å². The maximum atomic E-state index is 12.5. The number of benzene rings is 1. The highest BCUT2D eigenvalue weighted by atomic mass is 16.2. The van der Waals surface area contributed by atoms with Crippen LogP contribution in [0.2, 0.25) is 0 Å². The number of hydrogen-bond acceptors (Lipinski definition) is 3. The molecular weight excluding hydrogens is 310 g/mol. The van der Waals surface area contributed by atoms with E-state index >= 15 is 0 Å². The van der Waals surface area contributed by atoms with Crippen LogP contribution in [-0.2, 0) is 17.8 Å². The van der Waals surface area contributed by atoms with E-state index in [4.69, 9.17) is 4.98 Å². The van der Waals surface area contributed by atoms with Crippen molar-refractivity contribution < 1.29 is 4.79 Å². The molecule has 1 fully saturated rings. The molecule has 2 aromatic rings. The van der Waals surface area contributed by atoms with Gasteiger partial charge in [0.15, 0.2) is 5.82 Å². The third-order valence-corrected chi connectivity index (χ3v) is 5.56. The van der Waals surface area contributed by atoms with E-state index in [1.54, 1.807) is 0 Å². The highest BCUT2D eigenvalue weighted by molar-refractivity contribution is 5.76. The number of nitrogens with zero attached hydrogens (tertiary/aromatic N) is 3. The largest absolute Gasteiger partial charge is 0.338 e. The van der Waals surface area contributed by atoms with E-state index < -0.39 is 0 Å². The summed E-state index contributed by atoms with van der Waals surface area (Å²) in [5, 5.41) is 0. The van der Waals surface area contributed by atoms with Crippen molar-refractivity contribution in [1.82, 2.24) is 14.9 Å². The van der Waals surface area contributed by atoms with Crippen LogP contribution >= 0.6 is 0 Å². The van der Waals surface area contributed by atoms with Crippen LogP contribution in [0.3, 0.4) is 0 Å². The molecule has 4 heteroatoms. The van der Waals surface area contributed by atoms with Gasteiger partial charge in [-0.25, -0.2) is 9.97 Å². The molecule has 1 aromatic carbocycles. The fraction of sp³-hybridized carbons (Fsp3) is 0.476. The Kier molecular flexibility index (Phi) is 4.77. The van der Waals surface area contributed by atoms with Crippen molar-refractivity contribution in [3.63, 3.8) is 0 Å². The van der Waals surface area contributed by atoms with Gasteiger partial charge in [0, 0.05) is 43.3 Å². The Morgan fingerprint density at radius 1 is 1.16 bits per heavy atom. The molecular formula is C21H25N3O. The normalized spacial score (nSPS) is 17.5. The molecule has 0 bridgehead atoms. The lowest BCUT2D eigenvalue weighted by Gasteiger charge is -2.28. The van der Waals surface area contributed by atoms with E-state index in [2.05, 4.69) is 4.98 Å². The molecule has 4 rings (SSSR count). The van der Waals surface area contributed by atoms with E-state index in [0.717, 1.165) is 47.9 Å². The van der Waals surface area contributed by atoms with Crippen LogP contribution in [0.4, 0.5) is 0 Å². The minimum absolute atomic E-state index is 0.296. The third-order valence-electron chi connectivity index (χ3n) is 5.56. The van der Waals surface area contributed by atoms with Gasteiger partial charge in [0.1, 0.15) is 0 Å². The van der Waals surface area contributed by atoms with Crippen LogP contribution < -0.4 is 0 Å². The summed E-state index contributed by atoms with van der Waals surface area (Å²) in [6.07, 6.45) is 9.80. The first-order valence-corrected chi connectivity index (χ1v) is 9.47. The number of carbonyl (C=O) groups excluding carboxylic acids is 1. The van der Waals surface area contributed by atoms with E-state index in [1.165, 1.54) is 25.7 Å². The van der Waals surface area contributed by atoms with Gasteiger partial charge >= 0.3 is 0 Å². The average Bonchev–Trinajstić information content (AvgIpc) is 3.19. The molecule has 130 valence electrons. The Hall–Kier alpha value is -2.23. The number of rotatable bonds is 4. The molecule has 0 N–H and O–H groups in total. The third kappa shape index (κ3) is 3.73. The van der Waals surface area contributed by atoms with Crippen molar-refractivity contribution in [1.29, 1.82) is 0 Å². The predicted molar refractivity (Wildman–Crippen MR) is 97.8 cm³/mol. The van der Waals surface area contributed by atoms with Crippen molar-refractivity contribution in [2.75, 3.05) is 6.54 Å². The Bertz CT molecular complexity index is 738. The van der Waals surface area contributed by atoms with E-state index in [1.807, 2.05) is 41.4 Å². The minimum Gasteiger partial charge on any atom is -0.338 e. The standard InChI is InChI=1S/C21H25N3O/c25-20(11-10-16-6-4-5-7-16)24-13-12-19-18(15-24)14-22-21(23-19)17-8-2-1-3-9-17/h1-3,8-9,14,16H,4-7,10-13,15H2. The summed E-state index contributed by atoms with van der Waals surface area (Å²) in [4.78, 5) is 23.8. The SMILES string of the molecule is O=C(CCC1CCCC1)N1CCc2nc(-c3ccccc3)ncc2C1. The lowest BCUT2D eigenvalue weighted by Crippen LogP contribution is -2.36. The monoisotopic (exact) mass is 335 g/mol. The Morgan fingerprint density at radius 3 is 2.76 bits per heavy atom. The molecule has 1 saturated carbocycles. The van der Waals surface area contributed by atoms with Crippen molar-refractivity contribution in [2.24, 2.45) is 5.92 Å². The van der Waals surface area contributed by atoms with Gasteiger partial charge in [0.05, 0.1) is 5.69 Å². The van der Waals surface area contributed by atoms with E-state index in [0.29, 0.717) is 18.9 Å². The molecule has 1 aliphatic heterocycles. The van der Waals surface area contributed by atoms with Gasteiger partial charge < -0.3 is 4.90 Å². The first-order valence-electron chi connectivity index (χ1n) is 9.47. The summed E-state index contributed by atoms with van der Waals surface area (Å²) < 4.78 is 0. The molecule has 0 radical (unpaired) electrons. The highest BCUT2D eigenvalue weighted by Gasteiger charge is 2.24. The molecule has 1 aliphatic carbocycles. The van der Waals surface area contributed by atoms with Gasteiger partial charge in [0.2, 0.25) is 5.91 Å². The fourth-order valence-electron chi connectivity index (χ4n) is 4.04. The van der Waals surface area contributed by atoms with Gasteiger partial charge in [0.25, 0.3) is 0 Å². The van der Waals surface area contributed by atoms with E-state index in [9.17, 15) is 4.79 Å².